The highest BCUT2D eigenvalue weighted by molar-refractivity contribution is 5.97. The van der Waals surface area contributed by atoms with Crippen LogP contribution >= 0.6 is 0 Å². The van der Waals surface area contributed by atoms with Crippen LogP contribution in [0, 0.1) is 0 Å². The zero-order chi connectivity index (χ0) is 21.8. The summed E-state index contributed by atoms with van der Waals surface area (Å²) >= 11 is 0. The highest BCUT2D eigenvalue weighted by Gasteiger charge is 2.34. The number of piperidine rings is 1. The summed E-state index contributed by atoms with van der Waals surface area (Å²) in [5.41, 5.74) is 2.02. The summed E-state index contributed by atoms with van der Waals surface area (Å²) in [6.07, 6.45) is 2.56. The van der Waals surface area contributed by atoms with Crippen LogP contribution < -0.4 is 15.0 Å². The third kappa shape index (κ3) is 4.87. The van der Waals surface area contributed by atoms with Crippen LogP contribution in [0.1, 0.15) is 36.5 Å². The van der Waals surface area contributed by atoms with Gasteiger partial charge in [0.05, 0.1) is 18.8 Å². The summed E-state index contributed by atoms with van der Waals surface area (Å²) in [4.78, 5) is 40.9. The first-order chi connectivity index (χ1) is 15.0. The molecule has 0 radical (unpaired) electrons. The Morgan fingerprint density at radius 2 is 1.71 bits per heavy atom. The molecule has 0 spiro atoms. The average molecular weight is 421 g/mol. The molecule has 2 aliphatic heterocycles. The lowest BCUT2D eigenvalue weighted by Gasteiger charge is -2.38. The minimum Gasteiger partial charge on any atom is -0.477 e. The van der Waals surface area contributed by atoms with Gasteiger partial charge in [-0.15, -0.1) is 0 Å². The molecule has 1 saturated heterocycles. The SMILES string of the molecule is CC(=O)c1ccc(NC(=O)CN2C[C@@H](C(=O)N3CCCCC3)Oc3ccccc32)cc1. The molecule has 1 N–H and O–H groups in total. The van der Waals surface area contributed by atoms with E-state index < -0.39 is 6.10 Å². The molecule has 0 unspecified atom stereocenters. The summed E-state index contributed by atoms with van der Waals surface area (Å²) < 4.78 is 6.02. The van der Waals surface area contributed by atoms with Crippen LogP contribution in [0.5, 0.6) is 5.75 Å². The van der Waals surface area contributed by atoms with Crippen molar-refractivity contribution in [3.63, 3.8) is 0 Å². The summed E-state index contributed by atoms with van der Waals surface area (Å²) in [6, 6.07) is 14.3. The van der Waals surface area contributed by atoms with E-state index in [9.17, 15) is 14.4 Å². The Morgan fingerprint density at radius 3 is 2.42 bits per heavy atom. The molecule has 31 heavy (non-hydrogen) atoms. The minimum absolute atomic E-state index is 0.0144. The maximum Gasteiger partial charge on any atom is 0.265 e. The van der Waals surface area contributed by atoms with Gasteiger partial charge in [-0.2, -0.15) is 0 Å². The fourth-order valence-corrected chi connectivity index (χ4v) is 4.07. The second kappa shape index (κ2) is 9.20. The van der Waals surface area contributed by atoms with Crippen molar-refractivity contribution in [1.29, 1.82) is 0 Å². The van der Waals surface area contributed by atoms with Crippen molar-refractivity contribution in [1.82, 2.24) is 4.90 Å². The van der Waals surface area contributed by atoms with E-state index in [2.05, 4.69) is 5.32 Å². The number of nitrogens with zero attached hydrogens (tertiary/aromatic N) is 2. The maximum absolute atomic E-state index is 13.0. The number of benzene rings is 2. The van der Waals surface area contributed by atoms with E-state index in [1.807, 2.05) is 34.1 Å². The van der Waals surface area contributed by atoms with Crippen molar-refractivity contribution in [2.45, 2.75) is 32.3 Å². The Morgan fingerprint density at radius 1 is 1.00 bits per heavy atom. The largest absolute Gasteiger partial charge is 0.477 e. The predicted molar refractivity (Wildman–Crippen MR) is 119 cm³/mol. The molecule has 4 rings (SSSR count). The van der Waals surface area contributed by atoms with E-state index in [0.717, 1.165) is 38.0 Å². The number of para-hydroxylation sites is 2. The molecular weight excluding hydrogens is 394 g/mol. The number of hydrogen-bond donors (Lipinski definition) is 1. The third-order valence-electron chi connectivity index (χ3n) is 5.71. The van der Waals surface area contributed by atoms with Gasteiger partial charge in [0.2, 0.25) is 5.91 Å². The summed E-state index contributed by atoms with van der Waals surface area (Å²) in [5.74, 6) is 0.380. The van der Waals surface area contributed by atoms with Gasteiger partial charge < -0.3 is 19.9 Å². The molecule has 2 aliphatic rings. The predicted octanol–water partition coefficient (Wildman–Crippen LogP) is 3.11. The molecule has 0 bridgehead atoms. The summed E-state index contributed by atoms with van der Waals surface area (Å²) in [5, 5.41) is 2.87. The molecule has 0 aromatic heterocycles. The Bertz CT molecular complexity index is 967. The molecule has 1 fully saturated rings. The number of anilines is 2. The molecule has 2 aromatic rings. The number of Topliss-reactive ketones (excluding diaryl/α,β-unsaturated/α-hetero) is 1. The fourth-order valence-electron chi connectivity index (χ4n) is 4.07. The Hall–Kier alpha value is -3.35. The van der Waals surface area contributed by atoms with E-state index in [-0.39, 0.29) is 24.1 Å². The standard InChI is InChI=1S/C24H27N3O4/c1-17(28)18-9-11-19(12-10-18)25-23(29)16-27-15-22(24(30)26-13-5-2-6-14-26)31-21-8-4-3-7-20(21)27/h3-4,7-12,22H,2,5-6,13-16H2,1H3,(H,25,29)/t22-/m0/s1. The first-order valence-corrected chi connectivity index (χ1v) is 10.7. The fraction of sp³-hybridized carbons (Fsp3) is 0.375. The van der Waals surface area contributed by atoms with Gasteiger partial charge in [-0.25, -0.2) is 0 Å². The Kier molecular flexibility index (Phi) is 6.21. The van der Waals surface area contributed by atoms with Crippen LogP contribution in [0.4, 0.5) is 11.4 Å². The van der Waals surface area contributed by atoms with Crippen LogP contribution in [0.3, 0.4) is 0 Å². The topological polar surface area (TPSA) is 79.0 Å². The highest BCUT2D eigenvalue weighted by atomic mass is 16.5. The first-order valence-electron chi connectivity index (χ1n) is 10.7. The molecule has 7 heteroatoms. The van der Waals surface area contributed by atoms with Gasteiger partial charge in [0.1, 0.15) is 5.75 Å². The summed E-state index contributed by atoms with van der Waals surface area (Å²) in [6.45, 7) is 3.45. The minimum atomic E-state index is -0.629. The number of ketones is 1. The first kappa shape index (κ1) is 20.9. The van der Waals surface area contributed by atoms with Crippen LogP contribution in [0.25, 0.3) is 0 Å². The van der Waals surface area contributed by atoms with Gasteiger partial charge in [-0.1, -0.05) is 12.1 Å². The van der Waals surface area contributed by atoms with Crippen molar-refractivity contribution in [2.75, 3.05) is 36.4 Å². The quantitative estimate of drug-likeness (QED) is 0.751. The highest BCUT2D eigenvalue weighted by Crippen LogP contribution is 2.33. The number of likely N-dealkylation sites (tertiary alicyclic amines) is 1. The van der Waals surface area contributed by atoms with Gasteiger partial charge in [-0.05, 0) is 62.6 Å². The van der Waals surface area contributed by atoms with Gasteiger partial charge in [-0.3, -0.25) is 14.4 Å². The van der Waals surface area contributed by atoms with Crippen LogP contribution in [-0.2, 0) is 9.59 Å². The van der Waals surface area contributed by atoms with Crippen molar-refractivity contribution in [2.24, 2.45) is 0 Å². The number of hydrogen-bond acceptors (Lipinski definition) is 5. The van der Waals surface area contributed by atoms with Crippen LogP contribution in [-0.4, -0.2) is 54.8 Å². The molecular formula is C24H27N3O4. The third-order valence-corrected chi connectivity index (χ3v) is 5.71. The van der Waals surface area contributed by atoms with E-state index in [4.69, 9.17) is 4.74 Å². The number of nitrogens with one attached hydrogen (secondary N) is 1. The number of rotatable bonds is 5. The lowest BCUT2D eigenvalue weighted by atomic mass is 10.1. The van der Waals surface area contributed by atoms with Crippen molar-refractivity contribution in [3.8, 4) is 5.75 Å². The Labute approximate surface area is 182 Å². The normalized spacial score (nSPS) is 18.0. The molecule has 0 aliphatic carbocycles. The monoisotopic (exact) mass is 421 g/mol. The number of fused-ring (bicyclic) bond motifs is 1. The van der Waals surface area contributed by atoms with E-state index >= 15 is 0 Å². The van der Waals surface area contributed by atoms with Gasteiger partial charge in [0.25, 0.3) is 5.91 Å². The van der Waals surface area contributed by atoms with E-state index in [1.54, 1.807) is 24.3 Å². The molecule has 7 nitrogen and oxygen atoms in total. The summed E-state index contributed by atoms with van der Waals surface area (Å²) in [7, 11) is 0. The van der Waals surface area contributed by atoms with Gasteiger partial charge in [0.15, 0.2) is 11.9 Å². The average Bonchev–Trinajstić information content (AvgIpc) is 2.79. The van der Waals surface area contributed by atoms with Gasteiger partial charge in [0, 0.05) is 24.3 Å². The van der Waals surface area contributed by atoms with E-state index in [0.29, 0.717) is 23.5 Å². The van der Waals surface area contributed by atoms with E-state index in [1.165, 1.54) is 6.92 Å². The van der Waals surface area contributed by atoms with Crippen LogP contribution in [0.15, 0.2) is 48.5 Å². The number of amides is 2. The second-order valence-corrected chi connectivity index (χ2v) is 8.02. The van der Waals surface area contributed by atoms with Gasteiger partial charge >= 0.3 is 0 Å². The molecule has 162 valence electrons. The van der Waals surface area contributed by atoms with Crippen molar-refractivity contribution in [3.05, 3.63) is 54.1 Å². The maximum atomic E-state index is 13.0. The lowest BCUT2D eigenvalue weighted by Crippen LogP contribution is -2.52. The molecule has 1 atom stereocenters. The zero-order valence-corrected chi connectivity index (χ0v) is 17.7. The lowest BCUT2D eigenvalue weighted by molar-refractivity contribution is -0.139. The smallest absolute Gasteiger partial charge is 0.265 e. The van der Waals surface area contributed by atoms with Crippen molar-refractivity contribution < 1.29 is 19.1 Å². The number of carbonyl (C=O) groups is 3. The molecule has 2 aromatic carbocycles. The zero-order valence-electron chi connectivity index (χ0n) is 17.7. The Balaban J connectivity index is 1.46. The second-order valence-electron chi connectivity index (χ2n) is 8.02. The van der Waals surface area contributed by atoms with Crippen LogP contribution in [0.2, 0.25) is 0 Å². The number of ether oxygens (including phenoxy) is 1. The molecule has 2 amide bonds. The van der Waals surface area contributed by atoms with Crippen molar-refractivity contribution >= 4 is 29.0 Å². The number of carbonyl (C=O) groups excluding carboxylic acids is 3. The molecule has 2 heterocycles. The molecule has 0 saturated carbocycles.